The van der Waals surface area contributed by atoms with Gasteiger partial charge >= 0.3 is 0 Å². The molecule has 104 valence electrons. The third-order valence-corrected chi connectivity index (χ3v) is 4.15. The van der Waals surface area contributed by atoms with Gasteiger partial charge in [0.25, 0.3) is 5.91 Å². The standard InChI is InChI=1S/C15H21FN2O/c1-11-8-12(16)4-5-13(11)14(19)18-10-15(9-17)6-2-3-7-15/h4-5,8H,2-3,6-7,9-10,17H2,1H3,(H,18,19). The van der Waals surface area contributed by atoms with E-state index in [-0.39, 0.29) is 17.1 Å². The predicted octanol–water partition coefficient (Wildman–Crippen LogP) is 2.38. The Morgan fingerprint density at radius 2 is 2.11 bits per heavy atom. The molecule has 2 rings (SSSR count). The van der Waals surface area contributed by atoms with Gasteiger partial charge in [-0.05, 0) is 55.5 Å². The molecule has 0 aromatic heterocycles. The zero-order valence-electron chi connectivity index (χ0n) is 11.3. The zero-order valence-corrected chi connectivity index (χ0v) is 11.3. The van der Waals surface area contributed by atoms with Crippen molar-refractivity contribution in [1.82, 2.24) is 5.32 Å². The molecule has 19 heavy (non-hydrogen) atoms. The third kappa shape index (κ3) is 3.13. The van der Waals surface area contributed by atoms with Gasteiger partial charge in [0.05, 0.1) is 0 Å². The summed E-state index contributed by atoms with van der Waals surface area (Å²) in [7, 11) is 0. The monoisotopic (exact) mass is 264 g/mol. The molecular weight excluding hydrogens is 243 g/mol. The maximum absolute atomic E-state index is 13.0. The molecule has 1 fully saturated rings. The van der Waals surface area contributed by atoms with Crippen molar-refractivity contribution in [2.24, 2.45) is 11.1 Å². The fraction of sp³-hybridized carbons (Fsp3) is 0.533. The highest BCUT2D eigenvalue weighted by molar-refractivity contribution is 5.95. The number of hydrogen-bond acceptors (Lipinski definition) is 2. The lowest BCUT2D eigenvalue weighted by Gasteiger charge is -2.27. The number of amides is 1. The first-order valence-corrected chi connectivity index (χ1v) is 6.81. The number of hydrogen-bond donors (Lipinski definition) is 2. The summed E-state index contributed by atoms with van der Waals surface area (Å²) in [4.78, 5) is 12.1. The summed E-state index contributed by atoms with van der Waals surface area (Å²) in [6, 6.07) is 4.23. The normalized spacial score (nSPS) is 17.4. The molecule has 0 radical (unpaired) electrons. The number of halogens is 1. The van der Waals surface area contributed by atoms with Crippen LogP contribution in [0, 0.1) is 18.2 Å². The maximum atomic E-state index is 13.0. The first-order chi connectivity index (χ1) is 9.06. The van der Waals surface area contributed by atoms with Crippen LogP contribution >= 0.6 is 0 Å². The van der Waals surface area contributed by atoms with E-state index in [0.29, 0.717) is 24.2 Å². The second kappa shape index (κ2) is 5.70. The van der Waals surface area contributed by atoms with Gasteiger partial charge in [0.15, 0.2) is 0 Å². The van der Waals surface area contributed by atoms with E-state index in [4.69, 9.17) is 5.73 Å². The molecule has 1 amide bonds. The van der Waals surface area contributed by atoms with Gasteiger partial charge < -0.3 is 11.1 Å². The first-order valence-electron chi connectivity index (χ1n) is 6.81. The fourth-order valence-corrected chi connectivity index (χ4v) is 2.82. The van der Waals surface area contributed by atoms with Gasteiger partial charge in [0, 0.05) is 12.1 Å². The molecule has 1 aromatic carbocycles. The van der Waals surface area contributed by atoms with Gasteiger partial charge in [0.1, 0.15) is 5.82 Å². The molecular formula is C15H21FN2O. The third-order valence-electron chi connectivity index (χ3n) is 4.15. The van der Waals surface area contributed by atoms with E-state index in [9.17, 15) is 9.18 Å². The Kier molecular flexibility index (Phi) is 4.20. The number of aryl methyl sites for hydroxylation is 1. The largest absolute Gasteiger partial charge is 0.351 e. The summed E-state index contributed by atoms with van der Waals surface area (Å²) in [6.07, 6.45) is 4.52. The Morgan fingerprint density at radius 3 is 2.68 bits per heavy atom. The number of carbonyl (C=O) groups is 1. The maximum Gasteiger partial charge on any atom is 0.251 e. The topological polar surface area (TPSA) is 55.1 Å². The Morgan fingerprint density at radius 1 is 1.42 bits per heavy atom. The molecule has 1 aliphatic carbocycles. The van der Waals surface area contributed by atoms with Gasteiger partial charge in [-0.3, -0.25) is 4.79 Å². The molecule has 1 aromatic rings. The average molecular weight is 264 g/mol. The number of carbonyl (C=O) groups excluding carboxylic acids is 1. The minimum Gasteiger partial charge on any atom is -0.351 e. The minimum absolute atomic E-state index is 0.0591. The van der Waals surface area contributed by atoms with Gasteiger partial charge in [-0.25, -0.2) is 4.39 Å². The van der Waals surface area contributed by atoms with Gasteiger partial charge in [0.2, 0.25) is 0 Å². The van der Waals surface area contributed by atoms with E-state index in [1.165, 1.54) is 31.0 Å². The van der Waals surface area contributed by atoms with Crippen LogP contribution in [0.25, 0.3) is 0 Å². The van der Waals surface area contributed by atoms with Crippen LogP contribution in [0.15, 0.2) is 18.2 Å². The van der Waals surface area contributed by atoms with Crippen molar-refractivity contribution < 1.29 is 9.18 Å². The molecule has 4 heteroatoms. The second-order valence-electron chi connectivity index (χ2n) is 5.55. The molecule has 1 aliphatic rings. The molecule has 0 saturated heterocycles. The summed E-state index contributed by atoms with van der Waals surface area (Å²) in [5.41, 5.74) is 7.09. The number of benzene rings is 1. The minimum atomic E-state index is -0.316. The molecule has 0 unspecified atom stereocenters. The zero-order chi connectivity index (χ0) is 13.9. The van der Waals surface area contributed by atoms with Crippen LogP contribution in [0.3, 0.4) is 0 Å². The first kappa shape index (κ1) is 14.0. The van der Waals surface area contributed by atoms with Gasteiger partial charge in [-0.1, -0.05) is 12.8 Å². The van der Waals surface area contributed by atoms with Crippen LogP contribution in [-0.4, -0.2) is 19.0 Å². The van der Waals surface area contributed by atoms with E-state index in [0.717, 1.165) is 12.8 Å². The van der Waals surface area contributed by atoms with Crippen molar-refractivity contribution in [2.75, 3.05) is 13.1 Å². The lowest BCUT2D eigenvalue weighted by Crippen LogP contribution is -2.40. The van der Waals surface area contributed by atoms with E-state index in [2.05, 4.69) is 5.32 Å². The summed E-state index contributed by atoms with van der Waals surface area (Å²) >= 11 is 0. The molecule has 3 N–H and O–H groups in total. The van der Waals surface area contributed by atoms with Crippen molar-refractivity contribution in [3.8, 4) is 0 Å². The summed E-state index contributed by atoms with van der Waals surface area (Å²) in [5, 5.41) is 2.95. The summed E-state index contributed by atoms with van der Waals surface area (Å²) < 4.78 is 13.0. The average Bonchev–Trinajstić information content (AvgIpc) is 2.85. The smallest absolute Gasteiger partial charge is 0.251 e. The molecule has 3 nitrogen and oxygen atoms in total. The van der Waals surface area contributed by atoms with Gasteiger partial charge in [-0.2, -0.15) is 0 Å². The van der Waals surface area contributed by atoms with E-state index < -0.39 is 0 Å². The molecule has 0 bridgehead atoms. The highest BCUT2D eigenvalue weighted by atomic mass is 19.1. The van der Waals surface area contributed by atoms with E-state index >= 15 is 0 Å². The van der Waals surface area contributed by atoms with Crippen LogP contribution in [0.1, 0.15) is 41.6 Å². The van der Waals surface area contributed by atoms with Crippen LogP contribution in [0.4, 0.5) is 4.39 Å². The second-order valence-corrected chi connectivity index (χ2v) is 5.55. The Balaban J connectivity index is 2.01. The quantitative estimate of drug-likeness (QED) is 0.877. The summed E-state index contributed by atoms with van der Waals surface area (Å²) in [5.74, 6) is -0.458. The molecule has 0 heterocycles. The molecule has 0 atom stereocenters. The number of nitrogens with one attached hydrogen (secondary N) is 1. The lowest BCUT2D eigenvalue weighted by atomic mass is 9.86. The van der Waals surface area contributed by atoms with Gasteiger partial charge in [-0.15, -0.1) is 0 Å². The highest BCUT2D eigenvalue weighted by Gasteiger charge is 2.32. The highest BCUT2D eigenvalue weighted by Crippen LogP contribution is 2.36. The van der Waals surface area contributed by atoms with Crippen LogP contribution in [-0.2, 0) is 0 Å². The fourth-order valence-electron chi connectivity index (χ4n) is 2.82. The SMILES string of the molecule is Cc1cc(F)ccc1C(=O)NCC1(CN)CCCC1. The predicted molar refractivity (Wildman–Crippen MR) is 73.4 cm³/mol. The Bertz CT molecular complexity index is 467. The molecule has 0 spiro atoms. The number of nitrogens with two attached hydrogens (primary N) is 1. The van der Waals surface area contributed by atoms with Crippen molar-refractivity contribution in [2.45, 2.75) is 32.6 Å². The Hall–Kier alpha value is -1.42. The van der Waals surface area contributed by atoms with Crippen molar-refractivity contribution in [3.63, 3.8) is 0 Å². The van der Waals surface area contributed by atoms with E-state index in [1.54, 1.807) is 6.92 Å². The van der Waals surface area contributed by atoms with Crippen molar-refractivity contribution >= 4 is 5.91 Å². The van der Waals surface area contributed by atoms with Crippen LogP contribution in [0.2, 0.25) is 0 Å². The Labute approximate surface area is 113 Å². The van der Waals surface area contributed by atoms with Crippen LogP contribution in [0.5, 0.6) is 0 Å². The van der Waals surface area contributed by atoms with Crippen molar-refractivity contribution in [1.29, 1.82) is 0 Å². The molecule has 1 saturated carbocycles. The lowest BCUT2D eigenvalue weighted by molar-refractivity contribution is 0.0931. The summed E-state index contributed by atoms with van der Waals surface area (Å²) in [6.45, 7) is 2.96. The van der Waals surface area contributed by atoms with Crippen molar-refractivity contribution in [3.05, 3.63) is 35.1 Å². The molecule has 0 aliphatic heterocycles. The van der Waals surface area contributed by atoms with E-state index in [1.807, 2.05) is 0 Å². The number of rotatable bonds is 4. The van der Waals surface area contributed by atoms with Crippen LogP contribution < -0.4 is 11.1 Å².